The van der Waals surface area contributed by atoms with Crippen LogP contribution in [-0.4, -0.2) is 57.3 Å². The third-order valence-electron chi connectivity index (χ3n) is 7.90. The summed E-state index contributed by atoms with van der Waals surface area (Å²) in [7, 11) is -3.94. The fraction of sp³-hybridized carbons (Fsp3) is 0.760. The van der Waals surface area contributed by atoms with E-state index in [4.69, 9.17) is 27.9 Å². The Bertz CT molecular complexity index is 981. The van der Waals surface area contributed by atoms with Crippen LogP contribution in [0.5, 0.6) is 0 Å². The van der Waals surface area contributed by atoms with E-state index in [1.54, 1.807) is 24.3 Å². The first-order valence-corrected chi connectivity index (χ1v) is 14.1. The Labute approximate surface area is 201 Å². The second kappa shape index (κ2) is 8.80. The van der Waals surface area contributed by atoms with Crippen molar-refractivity contribution < 1.29 is 36.3 Å². The number of rotatable bonds is 4. The van der Waals surface area contributed by atoms with E-state index in [0.29, 0.717) is 0 Å². The molecule has 1 aromatic rings. The highest BCUT2D eigenvalue weighted by Gasteiger charge is 2.64. The van der Waals surface area contributed by atoms with Gasteiger partial charge in [-0.25, -0.2) is 0 Å². The van der Waals surface area contributed by atoms with Gasteiger partial charge in [0, 0.05) is 25.7 Å². The van der Waals surface area contributed by atoms with Gasteiger partial charge in [-0.05, 0) is 44.7 Å². The van der Waals surface area contributed by atoms with Crippen LogP contribution in [0.3, 0.4) is 0 Å². The predicted molar refractivity (Wildman–Crippen MR) is 120 cm³/mol. The Morgan fingerprint density at radius 3 is 2.00 bits per heavy atom. The lowest BCUT2D eigenvalue weighted by Gasteiger charge is -2.36. The number of fused-ring (bicyclic) bond motifs is 3. The topological polar surface area (TPSA) is 89.5 Å². The Kier molecular flexibility index (Phi) is 6.04. The minimum atomic E-state index is -3.94. The molecule has 34 heavy (non-hydrogen) atoms. The molecule has 0 aromatic heterocycles. The van der Waals surface area contributed by atoms with Gasteiger partial charge in [-0.1, -0.05) is 30.5 Å². The maximum atomic E-state index is 12.8. The summed E-state index contributed by atoms with van der Waals surface area (Å²) in [4.78, 5) is 0.122. The maximum Gasteiger partial charge on any atom is 0.297 e. The van der Waals surface area contributed by atoms with Crippen LogP contribution >= 0.6 is 0 Å². The summed E-state index contributed by atoms with van der Waals surface area (Å²) in [6, 6.07) is 6.61. The molecular formula is C25H34O8S. The van der Waals surface area contributed by atoms with Crippen molar-refractivity contribution in [1.29, 1.82) is 0 Å². The molecule has 188 valence electrons. The lowest BCUT2D eigenvalue weighted by molar-refractivity contribution is -0.253. The van der Waals surface area contributed by atoms with Crippen molar-refractivity contribution in [1.82, 2.24) is 0 Å². The first-order chi connectivity index (χ1) is 16.4. The van der Waals surface area contributed by atoms with Gasteiger partial charge in [0.25, 0.3) is 10.1 Å². The van der Waals surface area contributed by atoms with Crippen LogP contribution in [0.25, 0.3) is 0 Å². The SMILES string of the molecule is Cc1ccc(S(=O)(=O)OC[C@H]2O[C@@H]3OC4(CCCCC4)O[C@@H]3[C@H]3OC4(CCCCC4)O[C@H]32)cc1. The van der Waals surface area contributed by atoms with E-state index in [0.717, 1.165) is 63.4 Å². The molecule has 0 amide bonds. The number of ether oxygens (including phenoxy) is 5. The van der Waals surface area contributed by atoms with Crippen molar-refractivity contribution in [2.75, 3.05) is 6.61 Å². The second-order valence-electron chi connectivity index (χ2n) is 10.4. The molecule has 8 nitrogen and oxygen atoms in total. The first kappa shape index (κ1) is 23.3. The molecule has 2 saturated carbocycles. The van der Waals surface area contributed by atoms with Gasteiger partial charge in [0.1, 0.15) is 24.4 Å². The van der Waals surface area contributed by atoms with Gasteiger partial charge in [0.15, 0.2) is 17.9 Å². The van der Waals surface area contributed by atoms with Crippen LogP contribution < -0.4 is 0 Å². The summed E-state index contributed by atoms with van der Waals surface area (Å²) in [6.45, 7) is 1.74. The molecule has 5 aliphatic rings. The number of benzene rings is 1. The van der Waals surface area contributed by atoms with E-state index in [1.165, 1.54) is 6.42 Å². The molecule has 6 rings (SSSR count). The largest absolute Gasteiger partial charge is 0.341 e. The number of aryl methyl sites for hydroxylation is 1. The number of hydrogen-bond acceptors (Lipinski definition) is 8. The molecule has 2 aliphatic carbocycles. The van der Waals surface area contributed by atoms with Gasteiger partial charge in [0.2, 0.25) is 0 Å². The summed E-state index contributed by atoms with van der Waals surface area (Å²) in [5.74, 6) is -1.31. The third-order valence-corrected chi connectivity index (χ3v) is 9.20. The van der Waals surface area contributed by atoms with Crippen LogP contribution in [0.4, 0.5) is 0 Å². The van der Waals surface area contributed by atoms with E-state index >= 15 is 0 Å². The molecule has 0 unspecified atom stereocenters. The molecule has 5 atom stereocenters. The number of hydrogen-bond donors (Lipinski definition) is 0. The fourth-order valence-electron chi connectivity index (χ4n) is 6.10. The molecule has 3 heterocycles. The van der Waals surface area contributed by atoms with E-state index in [2.05, 4.69) is 0 Å². The molecule has 5 fully saturated rings. The average molecular weight is 495 g/mol. The van der Waals surface area contributed by atoms with Crippen LogP contribution in [-0.2, 0) is 38.0 Å². The molecular weight excluding hydrogens is 460 g/mol. The summed E-state index contributed by atoms with van der Waals surface area (Å²) in [6.07, 6.45) is 7.29. The predicted octanol–water partition coefficient (Wildman–Crippen LogP) is 3.95. The minimum Gasteiger partial charge on any atom is -0.341 e. The molecule has 9 heteroatoms. The molecule has 0 N–H and O–H groups in total. The quantitative estimate of drug-likeness (QED) is 0.582. The Morgan fingerprint density at radius 1 is 0.794 bits per heavy atom. The Hall–Kier alpha value is -1.07. The third kappa shape index (κ3) is 4.23. The van der Waals surface area contributed by atoms with Crippen molar-refractivity contribution in [3.05, 3.63) is 29.8 Å². The van der Waals surface area contributed by atoms with Crippen molar-refractivity contribution in [2.24, 2.45) is 0 Å². The van der Waals surface area contributed by atoms with Crippen molar-refractivity contribution in [3.63, 3.8) is 0 Å². The van der Waals surface area contributed by atoms with E-state index < -0.39 is 46.3 Å². The van der Waals surface area contributed by atoms with E-state index in [1.807, 2.05) is 6.92 Å². The molecule has 3 saturated heterocycles. The fourth-order valence-corrected chi connectivity index (χ4v) is 7.02. The van der Waals surface area contributed by atoms with Gasteiger partial charge in [0.05, 0.1) is 11.5 Å². The lowest BCUT2D eigenvalue weighted by Crippen LogP contribution is -2.56. The van der Waals surface area contributed by atoms with Crippen molar-refractivity contribution in [3.8, 4) is 0 Å². The molecule has 0 radical (unpaired) electrons. The Balaban J connectivity index is 1.23. The Morgan fingerprint density at radius 2 is 1.35 bits per heavy atom. The minimum absolute atomic E-state index is 0.122. The summed E-state index contributed by atoms with van der Waals surface area (Å²) in [5.41, 5.74) is 0.979. The monoisotopic (exact) mass is 494 g/mol. The summed E-state index contributed by atoms with van der Waals surface area (Å²) in [5, 5.41) is 0. The van der Waals surface area contributed by atoms with Crippen LogP contribution in [0.15, 0.2) is 29.2 Å². The zero-order chi connectivity index (χ0) is 23.4. The highest BCUT2D eigenvalue weighted by Crippen LogP contribution is 2.51. The first-order valence-electron chi connectivity index (χ1n) is 12.7. The van der Waals surface area contributed by atoms with Gasteiger partial charge in [-0.3, -0.25) is 4.18 Å². The van der Waals surface area contributed by atoms with Gasteiger partial charge < -0.3 is 23.7 Å². The van der Waals surface area contributed by atoms with Gasteiger partial charge in [-0.2, -0.15) is 8.42 Å². The summed E-state index contributed by atoms with van der Waals surface area (Å²) >= 11 is 0. The van der Waals surface area contributed by atoms with Crippen LogP contribution in [0.1, 0.15) is 69.8 Å². The lowest BCUT2D eigenvalue weighted by atomic mass is 9.94. The highest BCUT2D eigenvalue weighted by atomic mass is 32.2. The average Bonchev–Trinajstić information content (AvgIpc) is 3.37. The maximum absolute atomic E-state index is 12.8. The molecule has 3 aliphatic heterocycles. The molecule has 2 spiro atoms. The van der Waals surface area contributed by atoms with E-state index in [9.17, 15) is 8.42 Å². The van der Waals surface area contributed by atoms with Crippen molar-refractivity contribution >= 4 is 10.1 Å². The smallest absolute Gasteiger partial charge is 0.297 e. The zero-order valence-corrected chi connectivity index (χ0v) is 20.5. The van der Waals surface area contributed by atoms with Gasteiger partial charge in [-0.15, -0.1) is 0 Å². The van der Waals surface area contributed by atoms with E-state index in [-0.39, 0.29) is 17.6 Å². The summed E-state index contributed by atoms with van der Waals surface area (Å²) < 4.78 is 63.4. The van der Waals surface area contributed by atoms with Crippen LogP contribution in [0, 0.1) is 6.92 Å². The second-order valence-corrected chi connectivity index (χ2v) is 12.0. The molecule has 0 bridgehead atoms. The highest BCUT2D eigenvalue weighted by molar-refractivity contribution is 7.86. The molecule has 1 aromatic carbocycles. The van der Waals surface area contributed by atoms with Gasteiger partial charge >= 0.3 is 0 Å². The normalized spacial score (nSPS) is 36.4. The zero-order valence-electron chi connectivity index (χ0n) is 19.6. The van der Waals surface area contributed by atoms with Crippen LogP contribution in [0.2, 0.25) is 0 Å². The standard InChI is InChI=1S/C25H34O8S/c1-17-8-10-18(11-9-17)34(26,27)28-16-19-20-21(31-24(30-20)12-4-2-5-13-24)22-23(29-19)33-25(32-22)14-6-3-7-15-25/h8-11,19-23H,2-7,12-16H2,1H3/t19-,20+,21+,22-,23-/m1/s1. The van der Waals surface area contributed by atoms with Crippen molar-refractivity contribution in [2.45, 2.75) is 118 Å².